The molecule has 4 N–H and O–H groups in total. The summed E-state index contributed by atoms with van der Waals surface area (Å²) in [4.78, 5) is 11.5. The van der Waals surface area contributed by atoms with E-state index in [0.29, 0.717) is 24.6 Å². The second-order valence-corrected chi connectivity index (χ2v) is 6.94. The van der Waals surface area contributed by atoms with Crippen LogP contribution >= 0.6 is 0 Å². The summed E-state index contributed by atoms with van der Waals surface area (Å²) in [6, 6.07) is 5.92. The number of hydrogen-bond donors (Lipinski definition) is 3. The number of benzene rings is 1. The van der Waals surface area contributed by atoms with E-state index in [4.69, 9.17) is 5.73 Å². The molecule has 1 saturated carbocycles. The van der Waals surface area contributed by atoms with Crippen molar-refractivity contribution in [2.75, 3.05) is 11.9 Å². The Hall–Kier alpha value is -1.44. The van der Waals surface area contributed by atoms with Crippen LogP contribution in [0.15, 0.2) is 29.2 Å². The monoisotopic (exact) mass is 311 g/mol. The zero-order valence-electron chi connectivity index (χ0n) is 12.0. The maximum Gasteiger partial charge on any atom is 0.240 e. The van der Waals surface area contributed by atoms with Gasteiger partial charge in [-0.05, 0) is 43.0 Å². The molecule has 1 aromatic rings. The van der Waals surface area contributed by atoms with Crippen LogP contribution in [0, 0.1) is 5.92 Å². The van der Waals surface area contributed by atoms with Crippen molar-refractivity contribution in [2.24, 2.45) is 11.7 Å². The normalized spacial score (nSPS) is 16.5. The standard InChI is InChI=1S/C14H21N3O3S/c1-2-14(18)16-11-5-7-12(8-6-11)21(19,20)17-13(9-15)10-3-4-10/h5-8,10,13,17H,2-4,9,15H2,1H3,(H,16,18). The number of anilines is 1. The fourth-order valence-corrected chi connectivity index (χ4v) is 3.39. The Bertz CT molecular complexity index is 594. The van der Waals surface area contributed by atoms with E-state index in [1.165, 1.54) is 12.1 Å². The quantitative estimate of drug-likeness (QED) is 0.700. The molecule has 0 saturated heterocycles. The highest BCUT2D eigenvalue weighted by atomic mass is 32.2. The highest BCUT2D eigenvalue weighted by Gasteiger charge is 2.33. The molecular weight excluding hydrogens is 290 g/mol. The van der Waals surface area contributed by atoms with Crippen LogP contribution in [0.1, 0.15) is 26.2 Å². The summed E-state index contributed by atoms with van der Waals surface area (Å²) >= 11 is 0. The number of amides is 1. The van der Waals surface area contributed by atoms with E-state index < -0.39 is 10.0 Å². The van der Waals surface area contributed by atoms with Gasteiger partial charge in [-0.15, -0.1) is 0 Å². The van der Waals surface area contributed by atoms with Gasteiger partial charge in [-0.2, -0.15) is 0 Å². The average molecular weight is 311 g/mol. The van der Waals surface area contributed by atoms with Crippen LogP contribution < -0.4 is 15.8 Å². The fraction of sp³-hybridized carbons (Fsp3) is 0.500. The zero-order chi connectivity index (χ0) is 15.5. The Labute approximate surface area is 125 Å². The molecule has 21 heavy (non-hydrogen) atoms. The molecule has 0 aromatic heterocycles. The molecule has 0 spiro atoms. The molecule has 1 unspecified atom stereocenters. The third-order valence-corrected chi connectivity index (χ3v) is 5.03. The molecule has 1 aliphatic rings. The third-order valence-electron chi connectivity index (χ3n) is 3.52. The molecule has 2 rings (SSSR count). The number of rotatable bonds is 7. The van der Waals surface area contributed by atoms with E-state index in [2.05, 4.69) is 10.0 Å². The largest absolute Gasteiger partial charge is 0.329 e. The predicted octanol–water partition coefficient (Wildman–Crippen LogP) is 1.05. The molecule has 6 nitrogen and oxygen atoms in total. The smallest absolute Gasteiger partial charge is 0.240 e. The lowest BCUT2D eigenvalue weighted by Crippen LogP contribution is -2.41. The Morgan fingerprint density at radius 3 is 2.43 bits per heavy atom. The first-order valence-corrected chi connectivity index (χ1v) is 8.57. The minimum absolute atomic E-state index is 0.110. The van der Waals surface area contributed by atoms with E-state index in [1.807, 2.05) is 0 Å². The van der Waals surface area contributed by atoms with Gasteiger partial charge in [0.1, 0.15) is 0 Å². The molecule has 1 aliphatic carbocycles. The fourth-order valence-electron chi connectivity index (χ4n) is 2.07. The topological polar surface area (TPSA) is 101 Å². The molecule has 0 heterocycles. The summed E-state index contributed by atoms with van der Waals surface area (Å²) in [5.41, 5.74) is 6.20. The summed E-state index contributed by atoms with van der Waals surface area (Å²) < 4.78 is 27.2. The van der Waals surface area contributed by atoms with Gasteiger partial charge in [0.15, 0.2) is 0 Å². The van der Waals surface area contributed by atoms with Crippen molar-refractivity contribution in [3.8, 4) is 0 Å². The van der Waals surface area contributed by atoms with Gasteiger partial charge < -0.3 is 11.1 Å². The molecule has 7 heteroatoms. The van der Waals surface area contributed by atoms with Crippen molar-refractivity contribution in [3.63, 3.8) is 0 Å². The van der Waals surface area contributed by atoms with Crippen LogP contribution in [0.4, 0.5) is 5.69 Å². The number of nitrogens with one attached hydrogen (secondary N) is 2. The number of hydrogen-bond acceptors (Lipinski definition) is 4. The molecule has 1 amide bonds. The minimum atomic E-state index is -3.57. The lowest BCUT2D eigenvalue weighted by molar-refractivity contribution is -0.115. The van der Waals surface area contributed by atoms with Crippen LogP contribution in [-0.4, -0.2) is 26.9 Å². The maximum atomic E-state index is 12.3. The van der Waals surface area contributed by atoms with Crippen LogP contribution in [-0.2, 0) is 14.8 Å². The summed E-state index contributed by atoms with van der Waals surface area (Å²) in [6.07, 6.45) is 2.42. The zero-order valence-corrected chi connectivity index (χ0v) is 12.8. The van der Waals surface area contributed by atoms with Gasteiger partial charge in [0.25, 0.3) is 0 Å². The first-order chi connectivity index (χ1) is 9.96. The number of carbonyl (C=O) groups is 1. The first kappa shape index (κ1) is 15.9. The van der Waals surface area contributed by atoms with E-state index in [1.54, 1.807) is 19.1 Å². The Kier molecular flexibility index (Phi) is 4.97. The van der Waals surface area contributed by atoms with Crippen molar-refractivity contribution in [3.05, 3.63) is 24.3 Å². The Morgan fingerprint density at radius 2 is 1.95 bits per heavy atom. The lowest BCUT2D eigenvalue weighted by atomic mass is 10.2. The average Bonchev–Trinajstić information content (AvgIpc) is 3.30. The molecule has 0 aliphatic heterocycles. The van der Waals surface area contributed by atoms with Gasteiger partial charge in [0.05, 0.1) is 4.90 Å². The highest BCUT2D eigenvalue weighted by molar-refractivity contribution is 7.89. The van der Waals surface area contributed by atoms with Gasteiger partial charge in [-0.3, -0.25) is 4.79 Å². The van der Waals surface area contributed by atoms with Crippen LogP contribution in [0.2, 0.25) is 0 Å². The number of carbonyl (C=O) groups excluding carboxylic acids is 1. The van der Waals surface area contributed by atoms with Gasteiger partial charge in [-0.1, -0.05) is 6.92 Å². The van der Waals surface area contributed by atoms with Gasteiger partial charge in [-0.25, -0.2) is 13.1 Å². The minimum Gasteiger partial charge on any atom is -0.329 e. The van der Waals surface area contributed by atoms with E-state index in [-0.39, 0.29) is 16.8 Å². The third kappa shape index (κ3) is 4.26. The van der Waals surface area contributed by atoms with Crippen LogP contribution in [0.3, 0.4) is 0 Å². The van der Waals surface area contributed by atoms with Gasteiger partial charge in [0.2, 0.25) is 15.9 Å². The first-order valence-electron chi connectivity index (χ1n) is 7.08. The number of nitrogens with two attached hydrogens (primary N) is 1. The second-order valence-electron chi connectivity index (χ2n) is 5.23. The summed E-state index contributed by atoms with van der Waals surface area (Å²) in [7, 11) is -3.57. The maximum absolute atomic E-state index is 12.3. The summed E-state index contributed by atoms with van der Waals surface area (Å²) in [5.74, 6) is 0.244. The van der Waals surface area contributed by atoms with E-state index >= 15 is 0 Å². The van der Waals surface area contributed by atoms with Crippen molar-refractivity contribution in [1.29, 1.82) is 0 Å². The Morgan fingerprint density at radius 1 is 1.33 bits per heavy atom. The second kappa shape index (κ2) is 6.55. The molecule has 0 radical (unpaired) electrons. The predicted molar refractivity (Wildman–Crippen MR) is 81.3 cm³/mol. The lowest BCUT2D eigenvalue weighted by Gasteiger charge is -2.16. The Balaban J connectivity index is 2.07. The summed E-state index contributed by atoms with van der Waals surface area (Å²) in [5, 5.41) is 2.68. The molecule has 1 fully saturated rings. The van der Waals surface area contributed by atoms with Crippen molar-refractivity contribution < 1.29 is 13.2 Å². The van der Waals surface area contributed by atoms with Crippen molar-refractivity contribution in [1.82, 2.24) is 4.72 Å². The molecule has 0 bridgehead atoms. The summed E-state index contributed by atoms with van der Waals surface area (Å²) in [6.45, 7) is 2.05. The molecule has 1 atom stereocenters. The van der Waals surface area contributed by atoms with Crippen molar-refractivity contribution in [2.45, 2.75) is 37.1 Å². The SMILES string of the molecule is CCC(=O)Nc1ccc(S(=O)(=O)NC(CN)C2CC2)cc1. The van der Waals surface area contributed by atoms with Gasteiger partial charge in [0, 0.05) is 24.7 Å². The van der Waals surface area contributed by atoms with Crippen molar-refractivity contribution >= 4 is 21.6 Å². The molecule has 1 aromatic carbocycles. The molecule has 116 valence electrons. The highest BCUT2D eigenvalue weighted by Crippen LogP contribution is 2.32. The molecular formula is C14H21N3O3S. The van der Waals surface area contributed by atoms with Crippen LogP contribution in [0.25, 0.3) is 0 Å². The van der Waals surface area contributed by atoms with E-state index in [9.17, 15) is 13.2 Å². The van der Waals surface area contributed by atoms with E-state index in [0.717, 1.165) is 12.8 Å². The number of sulfonamides is 1. The van der Waals surface area contributed by atoms with Crippen LogP contribution in [0.5, 0.6) is 0 Å². The van der Waals surface area contributed by atoms with Gasteiger partial charge >= 0.3 is 0 Å².